The first-order chi connectivity index (χ1) is 17.7. The minimum Gasteiger partial charge on any atom is -0.348 e. The van der Waals surface area contributed by atoms with E-state index < -0.39 is 0 Å². The van der Waals surface area contributed by atoms with Gasteiger partial charge in [0.25, 0.3) is 5.91 Å². The molecule has 1 aliphatic rings. The van der Waals surface area contributed by atoms with Crippen LogP contribution in [0.3, 0.4) is 0 Å². The molecule has 0 bridgehead atoms. The summed E-state index contributed by atoms with van der Waals surface area (Å²) in [7, 11) is 0. The molecule has 1 aromatic heterocycles. The number of halogens is 1. The van der Waals surface area contributed by atoms with Gasteiger partial charge in [0.15, 0.2) is 0 Å². The van der Waals surface area contributed by atoms with Crippen molar-refractivity contribution in [2.75, 3.05) is 19.6 Å². The monoisotopic (exact) mass is 499 g/mol. The Morgan fingerprint density at radius 2 is 1.64 bits per heavy atom. The van der Waals surface area contributed by atoms with E-state index >= 15 is 0 Å². The lowest BCUT2D eigenvalue weighted by molar-refractivity contribution is 0.0952. The summed E-state index contributed by atoms with van der Waals surface area (Å²) in [6.45, 7) is 4.83. The van der Waals surface area contributed by atoms with Gasteiger partial charge in [-0.05, 0) is 80.6 Å². The Hall–Kier alpha value is -3.08. The number of hydrogen-bond donors (Lipinski definition) is 1. The van der Waals surface area contributed by atoms with Gasteiger partial charge in [0, 0.05) is 35.2 Å². The number of likely N-dealkylation sites (tertiary alicyclic amines) is 1. The zero-order valence-electron chi connectivity index (χ0n) is 20.7. The van der Waals surface area contributed by atoms with Crippen LogP contribution in [0.5, 0.6) is 0 Å². The van der Waals surface area contributed by atoms with Gasteiger partial charge in [-0.3, -0.25) is 4.79 Å². The van der Waals surface area contributed by atoms with Gasteiger partial charge < -0.3 is 14.8 Å². The fourth-order valence-corrected chi connectivity index (χ4v) is 5.58. The number of nitrogens with one attached hydrogen (secondary N) is 1. The summed E-state index contributed by atoms with van der Waals surface area (Å²) in [4.78, 5) is 15.7. The number of nitrogens with zero attached hydrogens (tertiary/aromatic N) is 2. The van der Waals surface area contributed by atoms with Crippen molar-refractivity contribution in [3.63, 3.8) is 0 Å². The molecule has 4 aromatic rings. The smallest absolute Gasteiger partial charge is 0.253 e. The van der Waals surface area contributed by atoms with Gasteiger partial charge in [-0.2, -0.15) is 0 Å². The van der Waals surface area contributed by atoms with Crippen molar-refractivity contribution in [2.24, 2.45) is 5.92 Å². The summed E-state index contributed by atoms with van der Waals surface area (Å²) >= 11 is 6.08. The fourth-order valence-electron chi connectivity index (χ4n) is 5.36. The first-order valence-electron chi connectivity index (χ1n) is 13.0. The third kappa shape index (κ3) is 6.18. The highest BCUT2D eigenvalue weighted by Crippen LogP contribution is 2.24. The van der Waals surface area contributed by atoms with Crippen molar-refractivity contribution in [1.82, 2.24) is 14.8 Å². The van der Waals surface area contributed by atoms with Gasteiger partial charge in [0.1, 0.15) is 0 Å². The molecular weight excluding hydrogens is 466 g/mol. The number of rotatable bonds is 9. The molecule has 0 saturated carbocycles. The Morgan fingerprint density at radius 1 is 0.889 bits per heavy atom. The predicted octanol–water partition coefficient (Wildman–Crippen LogP) is 6.57. The van der Waals surface area contributed by atoms with Crippen molar-refractivity contribution in [3.8, 4) is 0 Å². The number of carbonyl (C=O) groups excluding carboxylic acids is 1. The van der Waals surface area contributed by atoms with Gasteiger partial charge in [-0.25, -0.2) is 0 Å². The highest BCUT2D eigenvalue weighted by atomic mass is 35.5. The number of hydrogen-bond acceptors (Lipinski definition) is 2. The first-order valence-corrected chi connectivity index (χ1v) is 13.4. The number of fused-ring (bicyclic) bond motifs is 1. The van der Waals surface area contributed by atoms with Crippen molar-refractivity contribution in [3.05, 3.63) is 107 Å². The highest BCUT2D eigenvalue weighted by Gasteiger charge is 2.20. The van der Waals surface area contributed by atoms with Crippen LogP contribution in [-0.2, 0) is 19.5 Å². The van der Waals surface area contributed by atoms with Gasteiger partial charge >= 0.3 is 0 Å². The number of piperidine rings is 1. The Balaban J connectivity index is 1.14. The number of amides is 1. The van der Waals surface area contributed by atoms with E-state index in [1.807, 2.05) is 48.7 Å². The second-order valence-electron chi connectivity index (χ2n) is 9.89. The van der Waals surface area contributed by atoms with Crippen LogP contribution < -0.4 is 5.32 Å². The topological polar surface area (TPSA) is 37.3 Å². The summed E-state index contributed by atoms with van der Waals surface area (Å²) in [6, 6.07) is 26.7. The second-order valence-corrected chi connectivity index (χ2v) is 10.3. The SMILES string of the molecule is O=C(NCc1cccc(Cl)c1)c1cn(CCCN2CCC(Cc3ccccc3)CC2)c2ccccc12. The number of aromatic nitrogens is 1. The van der Waals surface area contributed by atoms with Gasteiger partial charge in [0.2, 0.25) is 0 Å². The lowest BCUT2D eigenvalue weighted by Gasteiger charge is -2.32. The largest absolute Gasteiger partial charge is 0.348 e. The molecule has 5 rings (SSSR count). The zero-order valence-corrected chi connectivity index (χ0v) is 21.5. The molecule has 186 valence electrons. The third-order valence-corrected chi connectivity index (χ3v) is 7.56. The molecule has 0 atom stereocenters. The summed E-state index contributed by atoms with van der Waals surface area (Å²) < 4.78 is 2.24. The maximum atomic E-state index is 13.0. The molecule has 1 amide bonds. The molecule has 1 N–H and O–H groups in total. The Bertz CT molecular complexity index is 1290. The first kappa shape index (κ1) is 24.6. The van der Waals surface area contributed by atoms with Crippen LogP contribution in [0.15, 0.2) is 85.1 Å². The molecule has 3 aromatic carbocycles. The van der Waals surface area contributed by atoms with E-state index in [0.29, 0.717) is 11.6 Å². The Kier molecular flexibility index (Phi) is 8.04. The molecule has 0 aliphatic carbocycles. The van der Waals surface area contributed by atoms with E-state index in [-0.39, 0.29) is 5.91 Å². The summed E-state index contributed by atoms with van der Waals surface area (Å²) in [5.41, 5.74) is 4.30. The van der Waals surface area contributed by atoms with Crippen LogP contribution in [0.1, 0.15) is 40.7 Å². The van der Waals surface area contributed by atoms with Crippen molar-refractivity contribution < 1.29 is 4.79 Å². The van der Waals surface area contributed by atoms with Crippen LogP contribution in [0.2, 0.25) is 5.02 Å². The summed E-state index contributed by atoms with van der Waals surface area (Å²) in [6.07, 6.45) is 6.85. The molecule has 4 nitrogen and oxygen atoms in total. The maximum absolute atomic E-state index is 13.0. The van der Waals surface area contributed by atoms with Gasteiger partial charge in [-0.15, -0.1) is 0 Å². The van der Waals surface area contributed by atoms with Crippen LogP contribution in [0.25, 0.3) is 10.9 Å². The van der Waals surface area contributed by atoms with Crippen LogP contribution in [0.4, 0.5) is 0 Å². The number of carbonyl (C=O) groups is 1. The van der Waals surface area contributed by atoms with Crippen LogP contribution in [-0.4, -0.2) is 35.0 Å². The zero-order chi connectivity index (χ0) is 24.7. The van der Waals surface area contributed by atoms with E-state index in [4.69, 9.17) is 11.6 Å². The van der Waals surface area contributed by atoms with Crippen LogP contribution in [0, 0.1) is 5.92 Å². The minimum absolute atomic E-state index is 0.0505. The van der Waals surface area contributed by atoms with Crippen LogP contribution >= 0.6 is 11.6 Å². The average Bonchev–Trinajstić information content (AvgIpc) is 3.28. The molecule has 36 heavy (non-hydrogen) atoms. The van der Waals surface area contributed by atoms with Gasteiger partial charge in [0.05, 0.1) is 5.56 Å². The maximum Gasteiger partial charge on any atom is 0.253 e. The standard InChI is InChI=1S/C31H34ClN3O/c32-27-11-6-10-26(21-27)22-33-31(36)29-23-35(30-13-5-4-12-28(29)30)17-7-16-34-18-14-25(15-19-34)20-24-8-2-1-3-9-24/h1-6,8-13,21,23,25H,7,14-20,22H2,(H,33,36). The lowest BCUT2D eigenvalue weighted by Crippen LogP contribution is -2.35. The number of para-hydroxylation sites is 1. The van der Waals surface area contributed by atoms with E-state index in [9.17, 15) is 4.79 Å². The Labute approximate surface area is 218 Å². The predicted molar refractivity (Wildman–Crippen MR) is 148 cm³/mol. The number of benzene rings is 3. The third-order valence-electron chi connectivity index (χ3n) is 7.32. The highest BCUT2D eigenvalue weighted by molar-refractivity contribution is 6.30. The Morgan fingerprint density at radius 3 is 2.44 bits per heavy atom. The fraction of sp³-hybridized carbons (Fsp3) is 0.323. The van der Waals surface area contributed by atoms with E-state index in [1.54, 1.807) is 0 Å². The lowest BCUT2D eigenvalue weighted by atomic mass is 9.90. The molecule has 0 radical (unpaired) electrons. The van der Waals surface area contributed by atoms with E-state index in [0.717, 1.165) is 47.5 Å². The number of aryl methyl sites for hydroxylation is 1. The molecule has 0 spiro atoms. The van der Waals surface area contributed by atoms with E-state index in [2.05, 4.69) is 51.2 Å². The minimum atomic E-state index is -0.0505. The second kappa shape index (κ2) is 11.8. The molecular formula is C31H34ClN3O. The quantitative estimate of drug-likeness (QED) is 0.283. The normalized spacial score (nSPS) is 14.8. The molecule has 2 heterocycles. The van der Waals surface area contributed by atoms with Crippen molar-refractivity contribution in [2.45, 2.75) is 38.8 Å². The summed E-state index contributed by atoms with van der Waals surface area (Å²) in [5.74, 6) is 0.746. The summed E-state index contributed by atoms with van der Waals surface area (Å²) in [5, 5.41) is 4.74. The molecule has 1 fully saturated rings. The molecule has 0 unspecified atom stereocenters. The molecule has 1 saturated heterocycles. The van der Waals surface area contributed by atoms with Crippen molar-refractivity contribution >= 4 is 28.4 Å². The average molecular weight is 500 g/mol. The van der Waals surface area contributed by atoms with Gasteiger partial charge in [-0.1, -0.05) is 72.3 Å². The molecule has 5 heteroatoms. The van der Waals surface area contributed by atoms with Crippen molar-refractivity contribution in [1.29, 1.82) is 0 Å². The molecule has 1 aliphatic heterocycles. The van der Waals surface area contributed by atoms with E-state index in [1.165, 1.54) is 37.9 Å².